The van der Waals surface area contributed by atoms with Crippen molar-refractivity contribution in [2.24, 2.45) is 0 Å². The predicted molar refractivity (Wildman–Crippen MR) is 69.9 cm³/mol. The van der Waals surface area contributed by atoms with Crippen molar-refractivity contribution >= 4 is 27.6 Å². The summed E-state index contributed by atoms with van der Waals surface area (Å²) in [5.41, 5.74) is 6.21. The lowest BCUT2D eigenvalue weighted by Gasteiger charge is -2.10. The van der Waals surface area contributed by atoms with Crippen LogP contribution in [0, 0.1) is 0 Å². The Balaban J connectivity index is 2.42. The third-order valence-corrected chi connectivity index (χ3v) is 2.72. The fraction of sp³-hybridized carbons (Fsp3) is 0.417. The molecule has 0 bridgehead atoms. The van der Waals surface area contributed by atoms with Gasteiger partial charge in [-0.1, -0.05) is 19.4 Å². The van der Waals surface area contributed by atoms with E-state index in [2.05, 4.69) is 15.9 Å². The first-order valence-corrected chi connectivity index (χ1v) is 6.27. The van der Waals surface area contributed by atoms with Crippen LogP contribution in [0.15, 0.2) is 22.7 Å². The van der Waals surface area contributed by atoms with Gasteiger partial charge in [-0.3, -0.25) is 0 Å². The molecule has 0 saturated heterocycles. The zero-order chi connectivity index (χ0) is 12.7. The second-order valence-corrected chi connectivity index (χ2v) is 4.38. The molecular weight excluding hydrogens is 286 g/mol. The first-order chi connectivity index (χ1) is 8.15. The Labute approximate surface area is 109 Å². The van der Waals surface area contributed by atoms with E-state index in [0.717, 1.165) is 17.3 Å². The fourth-order valence-electron chi connectivity index (χ4n) is 1.18. The van der Waals surface area contributed by atoms with Crippen molar-refractivity contribution in [3.8, 4) is 5.75 Å². The lowest BCUT2D eigenvalue weighted by atomic mass is 10.3. The SMILES string of the molecule is CCCCOC(=O)COc1c(N)cccc1Br. The molecule has 0 aliphatic rings. The molecule has 5 heteroatoms. The Morgan fingerprint density at radius 1 is 1.47 bits per heavy atom. The van der Waals surface area contributed by atoms with Crippen molar-refractivity contribution in [3.05, 3.63) is 22.7 Å². The van der Waals surface area contributed by atoms with E-state index in [9.17, 15) is 4.79 Å². The minimum Gasteiger partial charge on any atom is -0.479 e. The van der Waals surface area contributed by atoms with Gasteiger partial charge >= 0.3 is 5.97 Å². The average molecular weight is 302 g/mol. The summed E-state index contributed by atoms with van der Waals surface area (Å²) < 4.78 is 11.0. The number of unbranched alkanes of at least 4 members (excludes halogenated alkanes) is 1. The van der Waals surface area contributed by atoms with Gasteiger partial charge in [-0.25, -0.2) is 4.79 Å². The van der Waals surface area contributed by atoms with E-state index in [1.165, 1.54) is 0 Å². The minimum absolute atomic E-state index is 0.128. The van der Waals surface area contributed by atoms with Crippen LogP contribution < -0.4 is 10.5 Å². The molecule has 0 atom stereocenters. The highest BCUT2D eigenvalue weighted by Crippen LogP contribution is 2.30. The van der Waals surface area contributed by atoms with Gasteiger partial charge in [0.1, 0.15) is 0 Å². The predicted octanol–water partition coefficient (Wildman–Crippen LogP) is 2.75. The molecule has 1 aromatic rings. The number of hydrogen-bond acceptors (Lipinski definition) is 4. The molecule has 0 radical (unpaired) electrons. The topological polar surface area (TPSA) is 61.5 Å². The van der Waals surface area contributed by atoms with Crippen LogP contribution in [0.5, 0.6) is 5.75 Å². The van der Waals surface area contributed by atoms with E-state index in [1.54, 1.807) is 18.2 Å². The smallest absolute Gasteiger partial charge is 0.344 e. The van der Waals surface area contributed by atoms with Gasteiger partial charge in [0.05, 0.1) is 16.8 Å². The van der Waals surface area contributed by atoms with Crippen LogP contribution in [0.2, 0.25) is 0 Å². The van der Waals surface area contributed by atoms with Crippen LogP contribution in [0.1, 0.15) is 19.8 Å². The van der Waals surface area contributed by atoms with Gasteiger partial charge in [0.15, 0.2) is 12.4 Å². The highest BCUT2D eigenvalue weighted by molar-refractivity contribution is 9.10. The van der Waals surface area contributed by atoms with Crippen LogP contribution in [0.4, 0.5) is 5.69 Å². The zero-order valence-corrected chi connectivity index (χ0v) is 11.3. The summed E-state index contributed by atoms with van der Waals surface area (Å²) in [5, 5.41) is 0. The second-order valence-electron chi connectivity index (χ2n) is 3.52. The average Bonchev–Trinajstić information content (AvgIpc) is 2.29. The van der Waals surface area contributed by atoms with Crippen LogP contribution in [0.3, 0.4) is 0 Å². The number of hydrogen-bond donors (Lipinski definition) is 1. The van der Waals surface area contributed by atoms with Crippen LogP contribution in [0.25, 0.3) is 0 Å². The van der Waals surface area contributed by atoms with Crippen molar-refractivity contribution < 1.29 is 14.3 Å². The summed E-state index contributed by atoms with van der Waals surface area (Å²) >= 11 is 3.30. The maximum Gasteiger partial charge on any atom is 0.344 e. The number of ether oxygens (including phenoxy) is 2. The van der Waals surface area contributed by atoms with Crippen molar-refractivity contribution in [3.63, 3.8) is 0 Å². The molecule has 1 aromatic carbocycles. The third-order valence-electron chi connectivity index (χ3n) is 2.09. The molecule has 0 aliphatic carbocycles. The molecule has 0 heterocycles. The summed E-state index contributed by atoms with van der Waals surface area (Å²) in [7, 11) is 0. The first kappa shape index (κ1) is 13.8. The Morgan fingerprint density at radius 2 is 2.24 bits per heavy atom. The number of benzene rings is 1. The zero-order valence-electron chi connectivity index (χ0n) is 9.74. The summed E-state index contributed by atoms with van der Waals surface area (Å²) in [6.45, 7) is 2.34. The number of nitrogens with two attached hydrogens (primary N) is 1. The fourth-order valence-corrected chi connectivity index (χ4v) is 1.68. The number of anilines is 1. The molecule has 2 N–H and O–H groups in total. The second kappa shape index (κ2) is 7.17. The maximum absolute atomic E-state index is 11.3. The van der Waals surface area contributed by atoms with Gasteiger partial charge < -0.3 is 15.2 Å². The summed E-state index contributed by atoms with van der Waals surface area (Å²) in [6.07, 6.45) is 1.86. The molecular formula is C12H16BrNO3. The van der Waals surface area contributed by atoms with Crippen molar-refractivity contribution in [2.75, 3.05) is 18.9 Å². The molecule has 1 rings (SSSR count). The van der Waals surface area contributed by atoms with E-state index in [-0.39, 0.29) is 12.6 Å². The highest BCUT2D eigenvalue weighted by atomic mass is 79.9. The standard InChI is InChI=1S/C12H16BrNO3/c1-2-3-7-16-11(15)8-17-12-9(13)5-4-6-10(12)14/h4-6H,2-3,7-8,14H2,1H3. The monoisotopic (exact) mass is 301 g/mol. The number of rotatable bonds is 6. The molecule has 17 heavy (non-hydrogen) atoms. The Bertz CT molecular complexity index is 362. The molecule has 94 valence electrons. The van der Waals surface area contributed by atoms with E-state index < -0.39 is 0 Å². The number of para-hydroxylation sites is 1. The quantitative estimate of drug-likeness (QED) is 0.498. The summed E-state index contributed by atoms with van der Waals surface area (Å²) in [6, 6.07) is 5.31. The number of halogens is 1. The van der Waals surface area contributed by atoms with Crippen LogP contribution >= 0.6 is 15.9 Å². The lowest BCUT2D eigenvalue weighted by molar-refractivity contribution is -0.146. The summed E-state index contributed by atoms with van der Waals surface area (Å²) in [5.74, 6) is 0.0912. The molecule has 0 fully saturated rings. The lowest BCUT2D eigenvalue weighted by Crippen LogP contribution is -2.16. The van der Waals surface area contributed by atoms with Crippen LogP contribution in [-0.2, 0) is 9.53 Å². The maximum atomic E-state index is 11.3. The Morgan fingerprint density at radius 3 is 2.88 bits per heavy atom. The Hall–Kier alpha value is -1.23. The molecule has 4 nitrogen and oxygen atoms in total. The van der Waals surface area contributed by atoms with E-state index in [0.29, 0.717) is 18.0 Å². The molecule has 0 amide bonds. The van der Waals surface area contributed by atoms with Crippen molar-refractivity contribution in [1.29, 1.82) is 0 Å². The minimum atomic E-state index is -0.381. The third kappa shape index (κ3) is 4.65. The molecule has 0 aliphatic heterocycles. The van der Waals surface area contributed by atoms with Crippen molar-refractivity contribution in [2.45, 2.75) is 19.8 Å². The number of esters is 1. The van der Waals surface area contributed by atoms with E-state index in [1.807, 2.05) is 6.92 Å². The highest BCUT2D eigenvalue weighted by Gasteiger charge is 2.09. The largest absolute Gasteiger partial charge is 0.479 e. The normalized spacial score (nSPS) is 10.0. The molecule has 0 spiro atoms. The van der Waals surface area contributed by atoms with Crippen LogP contribution in [-0.4, -0.2) is 19.2 Å². The van der Waals surface area contributed by atoms with Gasteiger partial charge in [0, 0.05) is 0 Å². The van der Waals surface area contributed by atoms with Gasteiger partial charge in [-0.05, 0) is 34.5 Å². The Kier molecular flexibility index (Phi) is 5.83. The molecule has 0 saturated carbocycles. The number of carbonyl (C=O) groups is 1. The number of carbonyl (C=O) groups excluding carboxylic acids is 1. The van der Waals surface area contributed by atoms with E-state index in [4.69, 9.17) is 15.2 Å². The van der Waals surface area contributed by atoms with Gasteiger partial charge in [0.25, 0.3) is 0 Å². The summed E-state index contributed by atoms with van der Waals surface area (Å²) in [4.78, 5) is 11.3. The van der Waals surface area contributed by atoms with Gasteiger partial charge in [0.2, 0.25) is 0 Å². The van der Waals surface area contributed by atoms with Crippen molar-refractivity contribution in [1.82, 2.24) is 0 Å². The first-order valence-electron chi connectivity index (χ1n) is 5.47. The van der Waals surface area contributed by atoms with E-state index >= 15 is 0 Å². The molecule has 0 unspecified atom stereocenters. The number of nitrogen functional groups attached to an aromatic ring is 1. The molecule has 0 aromatic heterocycles. The van der Waals surface area contributed by atoms with Gasteiger partial charge in [-0.15, -0.1) is 0 Å². The van der Waals surface area contributed by atoms with Gasteiger partial charge in [-0.2, -0.15) is 0 Å².